The van der Waals surface area contributed by atoms with E-state index in [1.807, 2.05) is 39.8 Å². The molecule has 2 rings (SSSR count). The molecule has 0 aliphatic carbocycles. The van der Waals surface area contributed by atoms with Gasteiger partial charge < -0.3 is 10.6 Å². The predicted molar refractivity (Wildman–Crippen MR) is 83.4 cm³/mol. The van der Waals surface area contributed by atoms with Crippen molar-refractivity contribution >= 4 is 23.5 Å². The maximum Gasteiger partial charge on any atom is 0.265 e. The molecule has 0 unspecified atom stereocenters. The number of nitrogens with zero attached hydrogens (tertiary/aromatic N) is 4. The van der Waals surface area contributed by atoms with Crippen LogP contribution in [0.4, 0.5) is 11.9 Å². The van der Waals surface area contributed by atoms with Gasteiger partial charge in [0.15, 0.2) is 5.75 Å². The second-order valence-corrected chi connectivity index (χ2v) is 5.43. The normalized spacial score (nSPS) is 10.8. The maximum absolute atomic E-state index is 5.90. The van der Waals surface area contributed by atoms with Gasteiger partial charge in [0.25, 0.3) is 5.95 Å². The molecule has 0 fully saturated rings. The minimum absolute atomic E-state index is 0.0105. The Morgan fingerprint density at radius 2 is 1.71 bits per heavy atom. The SMILES string of the molecule is Cc1cc(C)cc(ON(c2nc(N)nc(Cl)n2)C(C)C)c1. The zero-order valence-electron chi connectivity index (χ0n) is 12.5. The lowest BCUT2D eigenvalue weighted by molar-refractivity contribution is 0.246. The molecule has 1 heterocycles. The lowest BCUT2D eigenvalue weighted by Crippen LogP contribution is -2.36. The Hall–Kier alpha value is -2.08. The summed E-state index contributed by atoms with van der Waals surface area (Å²) < 4.78 is 0. The summed E-state index contributed by atoms with van der Waals surface area (Å²) in [6.45, 7) is 7.93. The molecule has 112 valence electrons. The quantitative estimate of drug-likeness (QED) is 0.875. The molecule has 0 saturated heterocycles. The monoisotopic (exact) mass is 307 g/mol. The van der Waals surface area contributed by atoms with Gasteiger partial charge in [-0.2, -0.15) is 20.0 Å². The molecule has 7 heteroatoms. The van der Waals surface area contributed by atoms with Gasteiger partial charge >= 0.3 is 0 Å². The van der Waals surface area contributed by atoms with E-state index in [-0.39, 0.29) is 23.2 Å². The van der Waals surface area contributed by atoms with Crippen molar-refractivity contribution in [3.05, 3.63) is 34.6 Å². The van der Waals surface area contributed by atoms with E-state index in [9.17, 15) is 0 Å². The summed E-state index contributed by atoms with van der Waals surface area (Å²) in [5.41, 5.74) is 7.84. The first-order chi connectivity index (χ1) is 9.85. The summed E-state index contributed by atoms with van der Waals surface area (Å²) in [6, 6.07) is 5.94. The Balaban J connectivity index is 2.35. The van der Waals surface area contributed by atoms with E-state index in [0.29, 0.717) is 5.75 Å². The van der Waals surface area contributed by atoms with E-state index in [0.717, 1.165) is 11.1 Å². The van der Waals surface area contributed by atoms with Crippen LogP contribution < -0.4 is 15.6 Å². The Kier molecular flexibility index (Phi) is 4.47. The fourth-order valence-corrected chi connectivity index (χ4v) is 2.09. The van der Waals surface area contributed by atoms with Gasteiger partial charge in [0, 0.05) is 0 Å². The summed E-state index contributed by atoms with van der Waals surface area (Å²) in [7, 11) is 0. The largest absolute Gasteiger partial charge is 0.376 e. The molecule has 0 atom stereocenters. The number of nitrogens with two attached hydrogens (primary N) is 1. The van der Waals surface area contributed by atoms with Crippen molar-refractivity contribution in [3.63, 3.8) is 0 Å². The molecule has 2 N–H and O–H groups in total. The first kappa shape index (κ1) is 15.3. The molecule has 0 spiro atoms. The number of anilines is 2. The lowest BCUT2D eigenvalue weighted by Gasteiger charge is -2.26. The number of nitrogen functional groups attached to an aromatic ring is 1. The van der Waals surface area contributed by atoms with E-state index in [1.54, 1.807) is 5.06 Å². The number of rotatable bonds is 4. The van der Waals surface area contributed by atoms with Crippen LogP contribution in [0.3, 0.4) is 0 Å². The van der Waals surface area contributed by atoms with E-state index >= 15 is 0 Å². The van der Waals surface area contributed by atoms with Crippen LogP contribution in [0.5, 0.6) is 5.75 Å². The number of aromatic nitrogens is 3. The standard InChI is InChI=1S/C14H18ClN5O/c1-8(2)20(14-18-12(15)17-13(16)19-14)21-11-6-9(3)5-10(4)7-11/h5-8H,1-4H3,(H2,16,17,18,19). The predicted octanol–water partition coefficient (Wildman–Crippen LogP) is 2.93. The smallest absolute Gasteiger partial charge is 0.265 e. The van der Waals surface area contributed by atoms with E-state index in [4.69, 9.17) is 22.2 Å². The topological polar surface area (TPSA) is 77.2 Å². The first-order valence-electron chi connectivity index (χ1n) is 6.57. The molecule has 21 heavy (non-hydrogen) atoms. The summed E-state index contributed by atoms with van der Waals surface area (Å²) >= 11 is 5.83. The number of aryl methyl sites for hydroxylation is 2. The summed E-state index contributed by atoms with van der Waals surface area (Å²) in [5.74, 6) is 1.04. The Labute approximate surface area is 128 Å². The lowest BCUT2D eigenvalue weighted by atomic mass is 10.1. The second-order valence-electron chi connectivity index (χ2n) is 5.10. The van der Waals surface area contributed by atoms with Gasteiger partial charge in [-0.05, 0) is 62.6 Å². The van der Waals surface area contributed by atoms with Crippen molar-refractivity contribution < 1.29 is 4.84 Å². The minimum Gasteiger partial charge on any atom is -0.376 e. The van der Waals surface area contributed by atoms with Gasteiger partial charge in [0.2, 0.25) is 11.2 Å². The molecule has 0 bridgehead atoms. The Bertz CT molecular complexity index is 607. The Morgan fingerprint density at radius 3 is 2.24 bits per heavy atom. The number of benzene rings is 1. The summed E-state index contributed by atoms with van der Waals surface area (Å²) in [6.07, 6.45) is 0. The average molecular weight is 308 g/mol. The number of hydrogen-bond acceptors (Lipinski definition) is 6. The van der Waals surface area contributed by atoms with Crippen LogP contribution in [0, 0.1) is 13.8 Å². The highest BCUT2D eigenvalue weighted by Crippen LogP contribution is 2.21. The van der Waals surface area contributed by atoms with Crippen molar-refractivity contribution in [2.45, 2.75) is 33.7 Å². The van der Waals surface area contributed by atoms with Crippen molar-refractivity contribution in [1.82, 2.24) is 15.0 Å². The minimum atomic E-state index is -0.0105. The van der Waals surface area contributed by atoms with Crippen LogP contribution in [-0.2, 0) is 0 Å². The number of hydrogen-bond donors (Lipinski definition) is 1. The van der Waals surface area contributed by atoms with Crippen LogP contribution >= 0.6 is 11.6 Å². The average Bonchev–Trinajstić information content (AvgIpc) is 2.33. The van der Waals surface area contributed by atoms with Gasteiger partial charge in [-0.15, -0.1) is 0 Å². The Morgan fingerprint density at radius 1 is 1.10 bits per heavy atom. The highest BCUT2D eigenvalue weighted by molar-refractivity contribution is 6.28. The zero-order chi connectivity index (χ0) is 15.6. The maximum atomic E-state index is 5.90. The van der Waals surface area contributed by atoms with E-state index in [2.05, 4.69) is 21.0 Å². The zero-order valence-corrected chi connectivity index (χ0v) is 13.2. The number of hydroxylamine groups is 1. The van der Waals surface area contributed by atoms with Crippen LogP contribution in [0.1, 0.15) is 25.0 Å². The van der Waals surface area contributed by atoms with Gasteiger partial charge in [0.05, 0.1) is 6.04 Å². The van der Waals surface area contributed by atoms with Crippen LogP contribution in [0.2, 0.25) is 5.28 Å². The van der Waals surface area contributed by atoms with Gasteiger partial charge in [-0.25, -0.2) is 0 Å². The third kappa shape index (κ3) is 3.95. The summed E-state index contributed by atoms with van der Waals surface area (Å²) in [4.78, 5) is 17.8. The van der Waals surface area contributed by atoms with Crippen molar-refractivity contribution in [2.75, 3.05) is 10.8 Å². The van der Waals surface area contributed by atoms with Crippen LogP contribution in [-0.4, -0.2) is 21.0 Å². The molecule has 1 aromatic carbocycles. The van der Waals surface area contributed by atoms with Gasteiger partial charge in [0.1, 0.15) is 0 Å². The molecule has 0 aliphatic heterocycles. The van der Waals surface area contributed by atoms with Crippen LogP contribution in [0.25, 0.3) is 0 Å². The highest BCUT2D eigenvalue weighted by Gasteiger charge is 2.18. The summed E-state index contributed by atoms with van der Waals surface area (Å²) in [5, 5.41) is 1.59. The molecule has 0 aliphatic rings. The van der Waals surface area contributed by atoms with E-state index < -0.39 is 0 Å². The van der Waals surface area contributed by atoms with Crippen LogP contribution in [0.15, 0.2) is 18.2 Å². The van der Waals surface area contributed by atoms with Gasteiger partial charge in [-0.3, -0.25) is 0 Å². The molecule has 6 nitrogen and oxygen atoms in total. The third-order valence-corrected chi connectivity index (χ3v) is 2.85. The number of halogens is 1. The molecule has 1 aromatic heterocycles. The van der Waals surface area contributed by atoms with Gasteiger partial charge in [-0.1, -0.05) is 6.07 Å². The first-order valence-corrected chi connectivity index (χ1v) is 6.95. The molecule has 0 saturated carbocycles. The second kappa shape index (κ2) is 6.13. The van der Waals surface area contributed by atoms with Crippen molar-refractivity contribution in [2.24, 2.45) is 0 Å². The molecule has 0 amide bonds. The molecule has 0 radical (unpaired) electrons. The fourth-order valence-electron chi connectivity index (χ4n) is 1.93. The molecular formula is C14H18ClN5O. The van der Waals surface area contributed by atoms with Crippen molar-refractivity contribution in [3.8, 4) is 5.75 Å². The van der Waals surface area contributed by atoms with E-state index in [1.165, 1.54) is 0 Å². The molecule has 2 aromatic rings. The third-order valence-electron chi connectivity index (χ3n) is 2.68. The van der Waals surface area contributed by atoms with Crippen molar-refractivity contribution in [1.29, 1.82) is 0 Å². The fraction of sp³-hybridized carbons (Fsp3) is 0.357. The molecular weight excluding hydrogens is 290 g/mol. The highest BCUT2D eigenvalue weighted by atomic mass is 35.5.